The van der Waals surface area contributed by atoms with Gasteiger partial charge in [-0.1, -0.05) is 0 Å². The van der Waals surface area contributed by atoms with E-state index in [1.165, 1.54) is 17.4 Å². The van der Waals surface area contributed by atoms with E-state index in [1.807, 2.05) is 7.05 Å². The van der Waals surface area contributed by atoms with Crippen LogP contribution in [0.25, 0.3) is 11.3 Å². The number of benzene rings is 1. The average Bonchev–Trinajstić information content (AvgIpc) is 3.24. The number of aryl methyl sites for hydroxylation is 2. The van der Waals surface area contributed by atoms with Crippen LogP contribution in [-0.4, -0.2) is 27.9 Å². The topological polar surface area (TPSA) is 76.0 Å². The Morgan fingerprint density at radius 3 is 2.81 bits per heavy atom. The van der Waals surface area contributed by atoms with Crippen LogP contribution in [0.2, 0.25) is 0 Å². The number of nitrogens with zero attached hydrogens (tertiary/aromatic N) is 2. The van der Waals surface area contributed by atoms with Crippen LogP contribution in [-0.2, 0) is 11.8 Å². The lowest BCUT2D eigenvalue weighted by molar-refractivity contribution is -0.115. The quantitative estimate of drug-likeness (QED) is 0.723. The Morgan fingerprint density at radius 2 is 2.12 bits per heavy atom. The molecule has 6 nitrogen and oxygen atoms in total. The van der Waals surface area contributed by atoms with E-state index in [0.29, 0.717) is 22.0 Å². The van der Waals surface area contributed by atoms with Gasteiger partial charge in [0.25, 0.3) is 5.91 Å². The zero-order valence-corrected chi connectivity index (χ0v) is 15.1. The van der Waals surface area contributed by atoms with Crippen LogP contribution in [0.5, 0.6) is 0 Å². The second kappa shape index (κ2) is 7.49. The predicted molar refractivity (Wildman–Crippen MR) is 98.6 cm³/mol. The van der Waals surface area contributed by atoms with Crippen molar-refractivity contribution >= 4 is 28.3 Å². The minimum atomic E-state index is -0.370. The number of nitrogens with one attached hydrogen (secondary N) is 2. The van der Waals surface area contributed by atoms with E-state index in [4.69, 9.17) is 0 Å². The van der Waals surface area contributed by atoms with Crippen molar-refractivity contribution in [3.05, 3.63) is 59.0 Å². The van der Waals surface area contributed by atoms with Crippen LogP contribution in [0.4, 0.5) is 9.52 Å². The number of halogens is 1. The Bertz CT molecular complexity index is 964. The normalized spacial score (nSPS) is 10.6. The summed E-state index contributed by atoms with van der Waals surface area (Å²) in [6.45, 7) is 1.53. The monoisotopic (exact) mass is 372 g/mol. The molecule has 8 heteroatoms. The number of rotatable bonds is 5. The first-order chi connectivity index (χ1) is 12.4. The lowest BCUT2D eigenvalue weighted by Gasteiger charge is -2.04. The van der Waals surface area contributed by atoms with Gasteiger partial charge in [-0.2, -0.15) is 0 Å². The van der Waals surface area contributed by atoms with E-state index < -0.39 is 0 Å². The molecule has 0 fully saturated rings. The molecule has 3 aromatic rings. The Balaban J connectivity index is 1.57. The van der Waals surface area contributed by atoms with Crippen LogP contribution in [0.3, 0.4) is 0 Å². The SMILES string of the molecule is Cc1cc(-c2csc(NC(=O)CNC(=O)c3ccn(C)c3)n2)ccc1F. The van der Waals surface area contributed by atoms with Crippen molar-refractivity contribution in [1.82, 2.24) is 14.9 Å². The first-order valence-corrected chi connectivity index (χ1v) is 8.72. The van der Waals surface area contributed by atoms with Gasteiger partial charge in [-0.05, 0) is 36.8 Å². The van der Waals surface area contributed by atoms with Crippen LogP contribution < -0.4 is 10.6 Å². The van der Waals surface area contributed by atoms with Gasteiger partial charge < -0.3 is 15.2 Å². The van der Waals surface area contributed by atoms with Gasteiger partial charge >= 0.3 is 0 Å². The highest BCUT2D eigenvalue weighted by Gasteiger charge is 2.12. The number of aromatic nitrogens is 2. The number of carbonyl (C=O) groups is 2. The summed E-state index contributed by atoms with van der Waals surface area (Å²) in [7, 11) is 1.81. The van der Waals surface area contributed by atoms with Gasteiger partial charge in [0.2, 0.25) is 5.91 Å². The number of hydrogen-bond donors (Lipinski definition) is 2. The van der Waals surface area contributed by atoms with Crippen molar-refractivity contribution in [3.63, 3.8) is 0 Å². The molecule has 2 heterocycles. The smallest absolute Gasteiger partial charge is 0.253 e. The van der Waals surface area contributed by atoms with Crippen LogP contribution in [0.1, 0.15) is 15.9 Å². The fourth-order valence-electron chi connectivity index (χ4n) is 2.33. The molecule has 3 rings (SSSR count). The van der Waals surface area contributed by atoms with E-state index in [1.54, 1.807) is 47.5 Å². The molecule has 0 saturated carbocycles. The molecular weight excluding hydrogens is 355 g/mol. The molecule has 2 amide bonds. The minimum Gasteiger partial charge on any atom is -0.356 e. The van der Waals surface area contributed by atoms with Crippen LogP contribution in [0.15, 0.2) is 42.0 Å². The van der Waals surface area contributed by atoms with Crippen molar-refractivity contribution in [1.29, 1.82) is 0 Å². The van der Waals surface area contributed by atoms with Gasteiger partial charge in [0.05, 0.1) is 17.8 Å². The third-order valence-electron chi connectivity index (χ3n) is 3.71. The number of anilines is 1. The molecule has 0 aliphatic carbocycles. The maximum absolute atomic E-state index is 13.4. The lowest BCUT2D eigenvalue weighted by Crippen LogP contribution is -2.32. The molecule has 0 aliphatic heterocycles. The molecule has 0 aliphatic rings. The fourth-order valence-corrected chi connectivity index (χ4v) is 3.07. The summed E-state index contributed by atoms with van der Waals surface area (Å²) in [4.78, 5) is 28.2. The zero-order chi connectivity index (χ0) is 18.7. The molecule has 2 N–H and O–H groups in total. The summed E-state index contributed by atoms with van der Waals surface area (Å²) >= 11 is 1.26. The maximum Gasteiger partial charge on any atom is 0.253 e. The minimum absolute atomic E-state index is 0.154. The lowest BCUT2D eigenvalue weighted by atomic mass is 10.1. The van der Waals surface area contributed by atoms with Gasteiger partial charge in [0.1, 0.15) is 5.82 Å². The fraction of sp³-hybridized carbons (Fsp3) is 0.167. The molecule has 0 saturated heterocycles. The Labute approximate surface area is 153 Å². The molecule has 1 aromatic carbocycles. The summed E-state index contributed by atoms with van der Waals surface area (Å²) in [6.07, 6.45) is 3.42. The highest BCUT2D eigenvalue weighted by atomic mass is 32.1. The third-order valence-corrected chi connectivity index (χ3v) is 4.47. The molecule has 0 spiro atoms. The molecular formula is C18H17FN4O2S. The van der Waals surface area contributed by atoms with E-state index in [2.05, 4.69) is 15.6 Å². The maximum atomic E-state index is 13.4. The highest BCUT2D eigenvalue weighted by molar-refractivity contribution is 7.14. The third kappa shape index (κ3) is 4.15. The van der Waals surface area contributed by atoms with E-state index in [9.17, 15) is 14.0 Å². The van der Waals surface area contributed by atoms with Gasteiger partial charge in [-0.3, -0.25) is 9.59 Å². The van der Waals surface area contributed by atoms with Gasteiger partial charge in [-0.25, -0.2) is 9.37 Å². The van der Waals surface area contributed by atoms with E-state index >= 15 is 0 Å². The Morgan fingerprint density at radius 1 is 1.31 bits per heavy atom. The molecule has 0 bridgehead atoms. The summed E-state index contributed by atoms with van der Waals surface area (Å²) in [5.41, 5.74) is 2.45. The van der Waals surface area contributed by atoms with Gasteiger partial charge in [0.15, 0.2) is 5.13 Å². The van der Waals surface area contributed by atoms with E-state index in [0.717, 1.165) is 5.56 Å². The summed E-state index contributed by atoms with van der Waals surface area (Å²) in [5.74, 6) is -0.959. The Kier molecular flexibility index (Phi) is 5.13. The van der Waals surface area contributed by atoms with Crippen molar-refractivity contribution < 1.29 is 14.0 Å². The van der Waals surface area contributed by atoms with Crippen molar-refractivity contribution in [3.8, 4) is 11.3 Å². The van der Waals surface area contributed by atoms with Crippen LogP contribution >= 0.6 is 11.3 Å². The average molecular weight is 372 g/mol. The molecule has 0 atom stereocenters. The predicted octanol–water partition coefficient (Wildman–Crippen LogP) is 2.96. The van der Waals surface area contributed by atoms with Gasteiger partial charge in [0, 0.05) is 30.4 Å². The summed E-state index contributed by atoms with van der Waals surface area (Å²) in [5, 5.41) is 7.40. The first kappa shape index (κ1) is 17.8. The second-order valence-electron chi connectivity index (χ2n) is 5.80. The highest BCUT2D eigenvalue weighted by Crippen LogP contribution is 2.26. The molecule has 2 aromatic heterocycles. The van der Waals surface area contributed by atoms with Crippen molar-refractivity contribution in [2.75, 3.05) is 11.9 Å². The molecule has 0 radical (unpaired) electrons. The number of carbonyl (C=O) groups excluding carboxylic acids is 2. The van der Waals surface area contributed by atoms with Crippen LogP contribution in [0, 0.1) is 12.7 Å². The van der Waals surface area contributed by atoms with Crippen molar-refractivity contribution in [2.24, 2.45) is 7.05 Å². The summed E-state index contributed by atoms with van der Waals surface area (Å²) < 4.78 is 15.1. The summed E-state index contributed by atoms with van der Waals surface area (Å²) in [6, 6.07) is 6.41. The molecule has 26 heavy (non-hydrogen) atoms. The first-order valence-electron chi connectivity index (χ1n) is 7.84. The van der Waals surface area contributed by atoms with Crippen molar-refractivity contribution in [2.45, 2.75) is 6.92 Å². The Hall–Kier alpha value is -3.00. The number of hydrogen-bond acceptors (Lipinski definition) is 4. The van der Waals surface area contributed by atoms with E-state index in [-0.39, 0.29) is 24.2 Å². The van der Waals surface area contributed by atoms with Gasteiger partial charge in [-0.15, -0.1) is 11.3 Å². The largest absolute Gasteiger partial charge is 0.356 e. The number of amides is 2. The number of thiazole rings is 1. The molecule has 0 unspecified atom stereocenters. The molecule has 134 valence electrons. The standard InChI is InChI=1S/C18H17FN4O2S/c1-11-7-12(3-4-14(11)19)15-10-26-18(21-15)22-16(24)8-20-17(25)13-5-6-23(2)9-13/h3-7,9-10H,8H2,1-2H3,(H,20,25)(H,21,22,24). The second-order valence-corrected chi connectivity index (χ2v) is 6.66. The zero-order valence-electron chi connectivity index (χ0n) is 14.2.